The number of hydrogen-bond donors (Lipinski definition) is 1. The van der Waals surface area contributed by atoms with Gasteiger partial charge in [0.2, 0.25) is 0 Å². The molecular formula is C13H17NO. The van der Waals surface area contributed by atoms with Crippen LogP contribution in [-0.4, -0.2) is 11.6 Å². The van der Waals surface area contributed by atoms with Crippen molar-refractivity contribution in [2.75, 3.05) is 6.61 Å². The van der Waals surface area contributed by atoms with Crippen molar-refractivity contribution in [1.29, 1.82) is 0 Å². The van der Waals surface area contributed by atoms with Crippen LogP contribution in [0.3, 0.4) is 0 Å². The van der Waals surface area contributed by atoms with Gasteiger partial charge < -0.3 is 9.72 Å². The first-order chi connectivity index (χ1) is 7.31. The standard InChI is InChI=1S/C13H17NO/c1-3-4-7-15-11-5-6-13-12(8-11)10(2)9-14-13/h5-6,8-9,14H,3-4,7H2,1-2H3. The molecule has 2 heteroatoms. The number of nitrogens with one attached hydrogen (secondary N) is 1. The largest absolute Gasteiger partial charge is 0.494 e. The van der Waals surface area contributed by atoms with Crippen LogP contribution in [0, 0.1) is 6.92 Å². The van der Waals surface area contributed by atoms with Gasteiger partial charge in [0.15, 0.2) is 0 Å². The maximum atomic E-state index is 5.66. The lowest BCUT2D eigenvalue weighted by Gasteiger charge is -2.05. The predicted octanol–water partition coefficient (Wildman–Crippen LogP) is 3.66. The van der Waals surface area contributed by atoms with Crippen molar-refractivity contribution in [3.8, 4) is 5.75 Å². The first-order valence-electron chi connectivity index (χ1n) is 5.52. The van der Waals surface area contributed by atoms with E-state index in [1.54, 1.807) is 0 Å². The molecular weight excluding hydrogens is 186 g/mol. The summed E-state index contributed by atoms with van der Waals surface area (Å²) in [5.41, 5.74) is 2.45. The van der Waals surface area contributed by atoms with E-state index < -0.39 is 0 Å². The number of aromatic nitrogens is 1. The zero-order valence-corrected chi connectivity index (χ0v) is 9.34. The highest BCUT2D eigenvalue weighted by molar-refractivity contribution is 5.84. The van der Waals surface area contributed by atoms with E-state index >= 15 is 0 Å². The predicted molar refractivity (Wildman–Crippen MR) is 63.4 cm³/mol. The van der Waals surface area contributed by atoms with Gasteiger partial charge in [-0.3, -0.25) is 0 Å². The molecule has 0 saturated heterocycles. The summed E-state index contributed by atoms with van der Waals surface area (Å²) < 4.78 is 5.66. The van der Waals surface area contributed by atoms with E-state index in [9.17, 15) is 0 Å². The van der Waals surface area contributed by atoms with Crippen LogP contribution in [0.15, 0.2) is 24.4 Å². The van der Waals surface area contributed by atoms with Crippen LogP contribution >= 0.6 is 0 Å². The highest BCUT2D eigenvalue weighted by Crippen LogP contribution is 2.23. The second-order valence-corrected chi connectivity index (χ2v) is 3.88. The lowest BCUT2D eigenvalue weighted by atomic mass is 10.2. The topological polar surface area (TPSA) is 25.0 Å². The Morgan fingerprint density at radius 1 is 1.33 bits per heavy atom. The summed E-state index contributed by atoms with van der Waals surface area (Å²) >= 11 is 0. The fourth-order valence-corrected chi connectivity index (χ4v) is 1.66. The molecule has 0 unspecified atom stereocenters. The molecule has 1 N–H and O–H groups in total. The van der Waals surface area contributed by atoms with Gasteiger partial charge in [-0.2, -0.15) is 0 Å². The van der Waals surface area contributed by atoms with Crippen LogP contribution in [0.4, 0.5) is 0 Å². The monoisotopic (exact) mass is 203 g/mol. The molecule has 0 aliphatic carbocycles. The molecule has 0 spiro atoms. The molecule has 0 bridgehead atoms. The van der Waals surface area contributed by atoms with Gasteiger partial charge in [-0.1, -0.05) is 13.3 Å². The van der Waals surface area contributed by atoms with Gasteiger partial charge in [0, 0.05) is 17.1 Å². The third kappa shape index (κ3) is 2.14. The SMILES string of the molecule is CCCCOc1ccc2[nH]cc(C)c2c1. The number of ether oxygens (including phenoxy) is 1. The second-order valence-electron chi connectivity index (χ2n) is 3.88. The average molecular weight is 203 g/mol. The Morgan fingerprint density at radius 2 is 2.20 bits per heavy atom. The van der Waals surface area contributed by atoms with Crippen LogP contribution in [0.5, 0.6) is 5.75 Å². The summed E-state index contributed by atoms with van der Waals surface area (Å²) in [4.78, 5) is 3.23. The Kier molecular flexibility index (Phi) is 2.95. The van der Waals surface area contributed by atoms with Gasteiger partial charge in [0.05, 0.1) is 6.61 Å². The van der Waals surface area contributed by atoms with E-state index in [4.69, 9.17) is 4.74 Å². The van der Waals surface area contributed by atoms with Gasteiger partial charge >= 0.3 is 0 Å². The second kappa shape index (κ2) is 4.39. The summed E-state index contributed by atoms with van der Waals surface area (Å²) in [7, 11) is 0. The van der Waals surface area contributed by atoms with Gasteiger partial charge in [-0.25, -0.2) is 0 Å². The first kappa shape index (κ1) is 10.1. The molecule has 2 rings (SSSR count). The van der Waals surface area contributed by atoms with Crippen molar-refractivity contribution >= 4 is 10.9 Å². The molecule has 1 aromatic carbocycles. The molecule has 0 fully saturated rings. The summed E-state index contributed by atoms with van der Waals surface area (Å²) in [5, 5.41) is 1.25. The number of unbranched alkanes of at least 4 members (excludes halogenated alkanes) is 1. The van der Waals surface area contributed by atoms with Crippen LogP contribution in [0.2, 0.25) is 0 Å². The molecule has 80 valence electrons. The molecule has 0 saturated carbocycles. The Morgan fingerprint density at radius 3 is 3.00 bits per heavy atom. The smallest absolute Gasteiger partial charge is 0.120 e. The number of rotatable bonds is 4. The average Bonchev–Trinajstić information content (AvgIpc) is 2.61. The maximum absolute atomic E-state index is 5.66. The lowest BCUT2D eigenvalue weighted by molar-refractivity contribution is 0.310. The molecule has 2 aromatic rings. The first-order valence-corrected chi connectivity index (χ1v) is 5.52. The fraction of sp³-hybridized carbons (Fsp3) is 0.385. The van der Waals surface area contributed by atoms with Crippen LogP contribution in [-0.2, 0) is 0 Å². The number of benzene rings is 1. The minimum atomic E-state index is 0.811. The zero-order chi connectivity index (χ0) is 10.7. The molecule has 0 atom stereocenters. The lowest BCUT2D eigenvalue weighted by Crippen LogP contribution is -1.95. The number of fused-ring (bicyclic) bond motifs is 1. The minimum Gasteiger partial charge on any atom is -0.494 e. The van der Waals surface area contributed by atoms with Crippen molar-refractivity contribution in [1.82, 2.24) is 4.98 Å². The summed E-state index contributed by atoms with van der Waals surface area (Å²) in [6, 6.07) is 6.20. The normalized spacial score (nSPS) is 10.8. The van der Waals surface area contributed by atoms with Crippen LogP contribution < -0.4 is 4.74 Å². The minimum absolute atomic E-state index is 0.811. The van der Waals surface area contributed by atoms with E-state index in [-0.39, 0.29) is 0 Å². The van der Waals surface area contributed by atoms with Crippen LogP contribution in [0.25, 0.3) is 10.9 Å². The summed E-state index contributed by atoms with van der Waals surface area (Å²) in [6.07, 6.45) is 4.32. The fourth-order valence-electron chi connectivity index (χ4n) is 1.66. The molecule has 0 radical (unpaired) electrons. The molecule has 15 heavy (non-hydrogen) atoms. The molecule has 0 aliphatic rings. The third-order valence-corrected chi connectivity index (χ3v) is 2.63. The highest BCUT2D eigenvalue weighted by Gasteiger charge is 2.01. The van der Waals surface area contributed by atoms with E-state index in [1.165, 1.54) is 22.9 Å². The molecule has 1 heterocycles. The van der Waals surface area contributed by atoms with Crippen molar-refractivity contribution in [3.05, 3.63) is 30.0 Å². The van der Waals surface area contributed by atoms with Crippen molar-refractivity contribution in [2.24, 2.45) is 0 Å². The quantitative estimate of drug-likeness (QED) is 0.754. The van der Waals surface area contributed by atoms with Crippen molar-refractivity contribution < 1.29 is 4.74 Å². The molecule has 1 aromatic heterocycles. The number of aromatic amines is 1. The Hall–Kier alpha value is -1.44. The Balaban J connectivity index is 2.18. The third-order valence-electron chi connectivity index (χ3n) is 2.63. The maximum Gasteiger partial charge on any atom is 0.120 e. The van der Waals surface area contributed by atoms with Gasteiger partial charge in [0.1, 0.15) is 5.75 Å². The van der Waals surface area contributed by atoms with E-state index in [0.29, 0.717) is 0 Å². The Labute approximate surface area is 90.3 Å². The zero-order valence-electron chi connectivity index (χ0n) is 9.34. The van der Waals surface area contributed by atoms with Crippen molar-refractivity contribution in [3.63, 3.8) is 0 Å². The highest BCUT2D eigenvalue weighted by atomic mass is 16.5. The number of aryl methyl sites for hydroxylation is 1. The molecule has 0 aliphatic heterocycles. The van der Waals surface area contributed by atoms with E-state index in [1.807, 2.05) is 12.3 Å². The van der Waals surface area contributed by atoms with E-state index in [0.717, 1.165) is 18.8 Å². The van der Waals surface area contributed by atoms with Crippen LogP contribution in [0.1, 0.15) is 25.3 Å². The van der Waals surface area contributed by atoms with Crippen molar-refractivity contribution in [2.45, 2.75) is 26.7 Å². The van der Waals surface area contributed by atoms with E-state index in [2.05, 4.69) is 31.0 Å². The van der Waals surface area contributed by atoms with Gasteiger partial charge in [0.25, 0.3) is 0 Å². The number of H-pyrrole nitrogens is 1. The number of hydrogen-bond acceptors (Lipinski definition) is 1. The summed E-state index contributed by atoms with van der Waals surface area (Å²) in [5.74, 6) is 0.971. The molecule has 0 amide bonds. The Bertz CT molecular complexity index is 445. The summed E-state index contributed by atoms with van der Waals surface area (Å²) in [6.45, 7) is 5.09. The molecule has 2 nitrogen and oxygen atoms in total. The van der Waals surface area contributed by atoms with Gasteiger partial charge in [-0.05, 0) is 37.1 Å². The van der Waals surface area contributed by atoms with Gasteiger partial charge in [-0.15, -0.1) is 0 Å².